The first-order chi connectivity index (χ1) is 6.17. The highest BCUT2D eigenvalue weighted by molar-refractivity contribution is 5.43. The van der Waals surface area contributed by atoms with Gasteiger partial charge in [-0.05, 0) is 13.8 Å². The average Bonchev–Trinajstić information content (AvgIpc) is 2.15. The van der Waals surface area contributed by atoms with E-state index in [1.165, 1.54) is 0 Å². The summed E-state index contributed by atoms with van der Waals surface area (Å²) in [4.78, 5) is 10.3. The first-order valence-electron chi connectivity index (χ1n) is 4.20. The van der Waals surface area contributed by atoms with Crippen LogP contribution in [0.2, 0.25) is 0 Å². The molecule has 0 fully saturated rings. The normalized spacial score (nSPS) is 9.85. The first-order valence-corrected chi connectivity index (χ1v) is 4.20. The molecular weight excluding hydrogens is 166 g/mol. The largest absolute Gasteiger partial charge is 0.360 e. The first kappa shape index (κ1) is 9.73. The second kappa shape index (κ2) is 4.04. The molecule has 0 unspecified atom stereocenters. The Morgan fingerprint density at radius 1 is 1.54 bits per heavy atom. The van der Waals surface area contributed by atoms with E-state index in [1.807, 2.05) is 24.9 Å². The van der Waals surface area contributed by atoms with E-state index in [4.69, 9.17) is 5.84 Å². The number of hydrogen-bond donors (Lipinski definition) is 2. The number of nitrogens with two attached hydrogens (primary N) is 1. The minimum Gasteiger partial charge on any atom is -0.360 e. The van der Waals surface area contributed by atoms with Gasteiger partial charge >= 0.3 is 0 Å². The van der Waals surface area contributed by atoms with Gasteiger partial charge in [0.1, 0.15) is 5.82 Å². The van der Waals surface area contributed by atoms with Crippen molar-refractivity contribution in [1.29, 1.82) is 0 Å². The van der Waals surface area contributed by atoms with Crippen molar-refractivity contribution >= 4 is 11.8 Å². The topological polar surface area (TPSA) is 67.1 Å². The van der Waals surface area contributed by atoms with Gasteiger partial charge in [0.15, 0.2) is 0 Å². The fourth-order valence-corrected chi connectivity index (χ4v) is 0.974. The van der Waals surface area contributed by atoms with Crippen LogP contribution in [0, 0.1) is 6.92 Å². The molecule has 1 aromatic heterocycles. The van der Waals surface area contributed by atoms with Crippen LogP contribution in [0.4, 0.5) is 11.8 Å². The van der Waals surface area contributed by atoms with E-state index in [0.29, 0.717) is 5.95 Å². The number of hydrazine groups is 1. The van der Waals surface area contributed by atoms with E-state index in [-0.39, 0.29) is 0 Å². The Morgan fingerprint density at radius 2 is 2.23 bits per heavy atom. The summed E-state index contributed by atoms with van der Waals surface area (Å²) in [6.07, 6.45) is 0. The Balaban J connectivity index is 3.01. The lowest BCUT2D eigenvalue weighted by Crippen LogP contribution is -2.19. The summed E-state index contributed by atoms with van der Waals surface area (Å²) in [5.74, 6) is 6.57. The summed E-state index contributed by atoms with van der Waals surface area (Å²) in [5.41, 5.74) is 3.34. The maximum atomic E-state index is 5.24. The molecule has 5 nitrogen and oxygen atoms in total. The molecule has 0 saturated carbocycles. The fourth-order valence-electron chi connectivity index (χ4n) is 0.974. The van der Waals surface area contributed by atoms with Crippen molar-refractivity contribution in [2.24, 2.45) is 5.84 Å². The van der Waals surface area contributed by atoms with Crippen molar-refractivity contribution in [3.8, 4) is 0 Å². The predicted molar refractivity (Wildman–Crippen MR) is 53.5 cm³/mol. The molecule has 13 heavy (non-hydrogen) atoms. The number of aryl methyl sites for hydroxylation is 1. The van der Waals surface area contributed by atoms with Gasteiger partial charge < -0.3 is 4.90 Å². The van der Waals surface area contributed by atoms with E-state index in [0.717, 1.165) is 18.1 Å². The molecule has 0 radical (unpaired) electrons. The van der Waals surface area contributed by atoms with Crippen LogP contribution < -0.4 is 16.2 Å². The van der Waals surface area contributed by atoms with Gasteiger partial charge in [-0.2, -0.15) is 4.98 Å². The third-order valence-electron chi connectivity index (χ3n) is 1.84. The second-order valence-corrected chi connectivity index (χ2v) is 2.85. The zero-order valence-electron chi connectivity index (χ0n) is 8.20. The van der Waals surface area contributed by atoms with Crippen LogP contribution in [0.15, 0.2) is 6.07 Å². The Morgan fingerprint density at radius 3 is 2.77 bits per heavy atom. The molecule has 0 atom stereocenters. The summed E-state index contributed by atoms with van der Waals surface area (Å²) >= 11 is 0. The second-order valence-electron chi connectivity index (χ2n) is 2.85. The van der Waals surface area contributed by atoms with Gasteiger partial charge in [-0.15, -0.1) is 0 Å². The van der Waals surface area contributed by atoms with Crippen molar-refractivity contribution in [3.05, 3.63) is 11.8 Å². The molecule has 5 heteroatoms. The summed E-state index contributed by atoms with van der Waals surface area (Å²) in [5, 5.41) is 0. The molecule has 1 heterocycles. The van der Waals surface area contributed by atoms with E-state index in [2.05, 4.69) is 22.3 Å². The van der Waals surface area contributed by atoms with E-state index in [9.17, 15) is 0 Å². The number of nitrogen functional groups attached to an aromatic ring is 1. The van der Waals surface area contributed by atoms with Gasteiger partial charge in [0.2, 0.25) is 5.95 Å². The van der Waals surface area contributed by atoms with Crippen LogP contribution in [-0.2, 0) is 0 Å². The highest BCUT2D eigenvalue weighted by Crippen LogP contribution is 2.11. The number of rotatable bonds is 3. The molecule has 0 aromatic carbocycles. The van der Waals surface area contributed by atoms with Crippen molar-refractivity contribution in [1.82, 2.24) is 9.97 Å². The van der Waals surface area contributed by atoms with Gasteiger partial charge in [-0.3, -0.25) is 5.43 Å². The Hall–Kier alpha value is -1.36. The maximum absolute atomic E-state index is 5.24. The molecule has 0 aliphatic heterocycles. The summed E-state index contributed by atoms with van der Waals surface area (Å²) < 4.78 is 0. The van der Waals surface area contributed by atoms with Crippen LogP contribution in [0.25, 0.3) is 0 Å². The monoisotopic (exact) mass is 181 g/mol. The summed E-state index contributed by atoms with van der Waals surface area (Å²) in [7, 11) is 1.97. The molecule has 0 aliphatic carbocycles. The lowest BCUT2D eigenvalue weighted by Gasteiger charge is -2.16. The molecular formula is C8H15N5. The third kappa shape index (κ3) is 2.29. The number of nitrogens with zero attached hydrogens (tertiary/aromatic N) is 3. The zero-order valence-corrected chi connectivity index (χ0v) is 8.20. The standard InChI is InChI=1S/C8H15N5/c1-4-13(3)7-5-6(2)10-8(11-7)12-9/h5H,4,9H2,1-3H3,(H,10,11,12). The molecule has 0 amide bonds. The fraction of sp³-hybridized carbons (Fsp3) is 0.500. The quantitative estimate of drug-likeness (QED) is 0.526. The van der Waals surface area contributed by atoms with Crippen molar-refractivity contribution < 1.29 is 0 Å². The van der Waals surface area contributed by atoms with Crippen LogP contribution >= 0.6 is 0 Å². The Kier molecular flexibility index (Phi) is 3.02. The molecule has 0 bridgehead atoms. The maximum Gasteiger partial charge on any atom is 0.239 e. The highest BCUT2D eigenvalue weighted by atomic mass is 15.3. The van der Waals surface area contributed by atoms with Crippen molar-refractivity contribution in [2.45, 2.75) is 13.8 Å². The molecule has 72 valence electrons. The van der Waals surface area contributed by atoms with E-state index >= 15 is 0 Å². The Bertz CT molecular complexity index is 286. The van der Waals surface area contributed by atoms with Gasteiger partial charge in [0.05, 0.1) is 0 Å². The van der Waals surface area contributed by atoms with Gasteiger partial charge in [-0.1, -0.05) is 0 Å². The van der Waals surface area contributed by atoms with Crippen LogP contribution in [0.1, 0.15) is 12.6 Å². The minimum atomic E-state index is 0.454. The lowest BCUT2D eigenvalue weighted by atomic mass is 10.4. The zero-order chi connectivity index (χ0) is 9.84. The summed E-state index contributed by atoms with van der Waals surface area (Å²) in [6.45, 7) is 4.88. The van der Waals surface area contributed by atoms with E-state index in [1.54, 1.807) is 0 Å². The number of nitrogens with one attached hydrogen (secondary N) is 1. The van der Waals surface area contributed by atoms with Gasteiger partial charge in [0.25, 0.3) is 0 Å². The van der Waals surface area contributed by atoms with Crippen LogP contribution in [-0.4, -0.2) is 23.6 Å². The average molecular weight is 181 g/mol. The number of aromatic nitrogens is 2. The lowest BCUT2D eigenvalue weighted by molar-refractivity contribution is 0.921. The molecule has 1 rings (SSSR count). The third-order valence-corrected chi connectivity index (χ3v) is 1.84. The molecule has 1 aromatic rings. The predicted octanol–water partition coefficient (Wildman–Crippen LogP) is 0.527. The number of hydrogen-bond acceptors (Lipinski definition) is 5. The van der Waals surface area contributed by atoms with Crippen molar-refractivity contribution in [2.75, 3.05) is 23.9 Å². The van der Waals surface area contributed by atoms with E-state index < -0.39 is 0 Å². The van der Waals surface area contributed by atoms with Gasteiger partial charge in [-0.25, -0.2) is 10.8 Å². The van der Waals surface area contributed by atoms with Crippen LogP contribution in [0.3, 0.4) is 0 Å². The van der Waals surface area contributed by atoms with Gasteiger partial charge in [0, 0.05) is 25.4 Å². The smallest absolute Gasteiger partial charge is 0.239 e. The highest BCUT2D eigenvalue weighted by Gasteiger charge is 2.03. The summed E-state index contributed by atoms with van der Waals surface area (Å²) in [6, 6.07) is 1.92. The van der Waals surface area contributed by atoms with Crippen molar-refractivity contribution in [3.63, 3.8) is 0 Å². The molecule has 0 aliphatic rings. The molecule has 3 N–H and O–H groups in total. The minimum absolute atomic E-state index is 0.454. The molecule has 0 spiro atoms. The molecule has 0 saturated heterocycles. The Labute approximate surface area is 78.0 Å². The van der Waals surface area contributed by atoms with Crippen LogP contribution in [0.5, 0.6) is 0 Å². The number of anilines is 2. The SMILES string of the molecule is CCN(C)c1cc(C)nc(NN)n1.